The van der Waals surface area contributed by atoms with E-state index in [9.17, 15) is 5.11 Å². The molecule has 1 aliphatic heterocycles. The first-order chi connectivity index (χ1) is 7.70. The molecule has 1 aromatic heterocycles. The molecular weight excluding hydrogens is 286 g/mol. The summed E-state index contributed by atoms with van der Waals surface area (Å²) in [6.07, 6.45) is 2.41. The number of halogens is 1. The number of piperidine rings is 1. The number of hydrogen-bond acceptors (Lipinski definition) is 3. The summed E-state index contributed by atoms with van der Waals surface area (Å²) in [5.74, 6) is 0.983. The van der Waals surface area contributed by atoms with Crippen molar-refractivity contribution in [2.45, 2.75) is 18.8 Å². The van der Waals surface area contributed by atoms with Gasteiger partial charge in [0.15, 0.2) is 0 Å². The van der Waals surface area contributed by atoms with Crippen LogP contribution in [0.3, 0.4) is 0 Å². The number of thiophene rings is 1. The molecule has 0 bridgehead atoms. The molecule has 4 heteroatoms. The second kappa shape index (κ2) is 5.63. The van der Waals surface area contributed by atoms with Crippen molar-refractivity contribution in [3.63, 3.8) is 0 Å². The van der Waals surface area contributed by atoms with E-state index in [2.05, 4.69) is 40.0 Å². The van der Waals surface area contributed by atoms with Crippen LogP contribution in [0.4, 0.5) is 0 Å². The summed E-state index contributed by atoms with van der Waals surface area (Å²) in [5, 5.41) is 9.58. The standard InChI is InChI=1S/C12H18BrNOS/c1-14-6-4-9(5-7-14)10(8-15)11-2-3-12(13)16-11/h2-3,9-10,15H,4-8H2,1H3. The predicted octanol–water partition coefficient (Wildman–Crippen LogP) is 2.93. The van der Waals surface area contributed by atoms with Crippen LogP contribution in [0.15, 0.2) is 15.9 Å². The van der Waals surface area contributed by atoms with Crippen LogP contribution in [0.5, 0.6) is 0 Å². The topological polar surface area (TPSA) is 23.5 Å². The highest BCUT2D eigenvalue weighted by atomic mass is 79.9. The zero-order chi connectivity index (χ0) is 11.5. The van der Waals surface area contributed by atoms with E-state index < -0.39 is 0 Å². The van der Waals surface area contributed by atoms with Crippen molar-refractivity contribution < 1.29 is 5.11 Å². The Labute approximate surface area is 109 Å². The van der Waals surface area contributed by atoms with E-state index in [1.54, 1.807) is 11.3 Å². The molecule has 2 nitrogen and oxygen atoms in total. The highest BCUT2D eigenvalue weighted by Gasteiger charge is 2.26. The van der Waals surface area contributed by atoms with Crippen LogP contribution in [0.1, 0.15) is 23.6 Å². The third kappa shape index (κ3) is 2.86. The lowest BCUT2D eigenvalue weighted by molar-refractivity contribution is 0.158. The lowest BCUT2D eigenvalue weighted by Gasteiger charge is -2.33. The normalized spacial score (nSPS) is 21.2. The van der Waals surface area contributed by atoms with Crippen LogP contribution in [-0.4, -0.2) is 36.8 Å². The summed E-state index contributed by atoms with van der Waals surface area (Å²) in [5.41, 5.74) is 0. The molecule has 0 amide bonds. The number of aliphatic hydroxyl groups is 1. The van der Waals surface area contributed by atoms with Crippen molar-refractivity contribution in [1.29, 1.82) is 0 Å². The zero-order valence-electron chi connectivity index (χ0n) is 9.53. The first kappa shape index (κ1) is 12.6. The second-order valence-corrected chi connectivity index (χ2v) is 7.07. The van der Waals surface area contributed by atoms with Crippen molar-refractivity contribution in [3.05, 3.63) is 20.8 Å². The van der Waals surface area contributed by atoms with Crippen molar-refractivity contribution in [2.75, 3.05) is 26.7 Å². The van der Waals surface area contributed by atoms with Gasteiger partial charge in [-0.15, -0.1) is 11.3 Å². The molecule has 0 saturated carbocycles. The number of nitrogens with zero attached hydrogens (tertiary/aromatic N) is 1. The van der Waals surface area contributed by atoms with Gasteiger partial charge in [0, 0.05) is 10.8 Å². The second-order valence-electron chi connectivity index (χ2n) is 4.57. The lowest BCUT2D eigenvalue weighted by Crippen LogP contribution is -2.33. The van der Waals surface area contributed by atoms with Gasteiger partial charge in [-0.2, -0.15) is 0 Å². The minimum absolute atomic E-state index is 0.279. The summed E-state index contributed by atoms with van der Waals surface area (Å²) in [6, 6.07) is 4.23. The highest BCUT2D eigenvalue weighted by Crippen LogP contribution is 2.37. The third-order valence-electron chi connectivity index (χ3n) is 3.49. The molecule has 1 saturated heterocycles. The van der Waals surface area contributed by atoms with Gasteiger partial charge in [0.1, 0.15) is 0 Å². The van der Waals surface area contributed by atoms with Gasteiger partial charge >= 0.3 is 0 Å². The van der Waals surface area contributed by atoms with Crippen LogP contribution < -0.4 is 0 Å². The number of aliphatic hydroxyl groups excluding tert-OH is 1. The SMILES string of the molecule is CN1CCC(C(CO)c2ccc(Br)s2)CC1. The van der Waals surface area contributed by atoms with Gasteiger partial charge in [-0.05, 0) is 67.0 Å². The van der Waals surface area contributed by atoms with Crippen molar-refractivity contribution in [3.8, 4) is 0 Å². The van der Waals surface area contributed by atoms with Gasteiger partial charge in [-0.25, -0.2) is 0 Å². The molecule has 16 heavy (non-hydrogen) atoms. The Hall–Kier alpha value is 0.1000. The maximum atomic E-state index is 9.58. The Bertz CT molecular complexity index is 334. The fourth-order valence-corrected chi connectivity index (χ4v) is 4.04. The highest BCUT2D eigenvalue weighted by molar-refractivity contribution is 9.11. The minimum Gasteiger partial charge on any atom is -0.396 e. The minimum atomic E-state index is 0.279. The lowest BCUT2D eigenvalue weighted by atomic mass is 9.84. The van der Waals surface area contributed by atoms with E-state index in [1.165, 1.54) is 17.7 Å². The van der Waals surface area contributed by atoms with Gasteiger partial charge in [0.2, 0.25) is 0 Å². The van der Waals surface area contributed by atoms with Crippen LogP contribution >= 0.6 is 27.3 Å². The van der Waals surface area contributed by atoms with Gasteiger partial charge in [-0.3, -0.25) is 0 Å². The summed E-state index contributed by atoms with van der Waals surface area (Å²) in [6.45, 7) is 2.60. The van der Waals surface area contributed by atoms with Crippen molar-refractivity contribution in [1.82, 2.24) is 4.90 Å². The zero-order valence-corrected chi connectivity index (χ0v) is 11.9. The van der Waals surface area contributed by atoms with Crippen molar-refractivity contribution in [2.24, 2.45) is 5.92 Å². The fraction of sp³-hybridized carbons (Fsp3) is 0.667. The quantitative estimate of drug-likeness (QED) is 0.928. The Morgan fingerprint density at radius 1 is 1.50 bits per heavy atom. The number of likely N-dealkylation sites (tertiary alicyclic amines) is 1. The van der Waals surface area contributed by atoms with Gasteiger partial charge in [-0.1, -0.05) is 0 Å². The predicted molar refractivity (Wildman–Crippen MR) is 72.1 cm³/mol. The molecule has 1 aliphatic rings. The Morgan fingerprint density at radius 2 is 2.19 bits per heavy atom. The molecular formula is C12H18BrNOS. The van der Waals surface area contributed by atoms with E-state index in [-0.39, 0.29) is 6.61 Å². The van der Waals surface area contributed by atoms with Gasteiger partial charge in [0.25, 0.3) is 0 Å². The van der Waals surface area contributed by atoms with Gasteiger partial charge < -0.3 is 10.0 Å². The average molecular weight is 304 g/mol. The first-order valence-corrected chi connectivity index (χ1v) is 7.36. The molecule has 90 valence electrons. The maximum absolute atomic E-state index is 9.58. The molecule has 1 unspecified atom stereocenters. The Kier molecular flexibility index (Phi) is 4.41. The average Bonchev–Trinajstić information content (AvgIpc) is 2.69. The smallest absolute Gasteiger partial charge is 0.0701 e. The van der Waals surface area contributed by atoms with E-state index in [0.29, 0.717) is 11.8 Å². The molecule has 0 spiro atoms. The molecule has 1 N–H and O–H groups in total. The molecule has 0 aliphatic carbocycles. The molecule has 1 aromatic rings. The molecule has 2 heterocycles. The summed E-state index contributed by atoms with van der Waals surface area (Å²) in [4.78, 5) is 3.69. The number of rotatable bonds is 3. The molecule has 0 radical (unpaired) electrons. The summed E-state index contributed by atoms with van der Waals surface area (Å²) < 4.78 is 1.16. The monoisotopic (exact) mass is 303 g/mol. The largest absolute Gasteiger partial charge is 0.396 e. The molecule has 2 rings (SSSR count). The Morgan fingerprint density at radius 3 is 2.69 bits per heavy atom. The van der Waals surface area contributed by atoms with Crippen LogP contribution in [0.25, 0.3) is 0 Å². The molecule has 1 atom stereocenters. The Balaban J connectivity index is 2.05. The first-order valence-electron chi connectivity index (χ1n) is 5.75. The van der Waals surface area contributed by atoms with E-state index in [0.717, 1.165) is 16.9 Å². The van der Waals surface area contributed by atoms with Crippen LogP contribution in [0.2, 0.25) is 0 Å². The number of hydrogen-bond donors (Lipinski definition) is 1. The fourth-order valence-electron chi connectivity index (χ4n) is 2.43. The summed E-state index contributed by atoms with van der Waals surface area (Å²) >= 11 is 5.25. The van der Waals surface area contributed by atoms with E-state index >= 15 is 0 Å². The van der Waals surface area contributed by atoms with Gasteiger partial charge in [0.05, 0.1) is 10.4 Å². The van der Waals surface area contributed by atoms with Crippen molar-refractivity contribution >= 4 is 27.3 Å². The molecule has 1 fully saturated rings. The van der Waals surface area contributed by atoms with Crippen LogP contribution in [-0.2, 0) is 0 Å². The summed E-state index contributed by atoms with van der Waals surface area (Å²) in [7, 11) is 2.17. The van der Waals surface area contributed by atoms with Crippen LogP contribution in [0, 0.1) is 5.92 Å². The maximum Gasteiger partial charge on any atom is 0.0701 e. The third-order valence-corrected chi connectivity index (χ3v) is 5.24. The molecule has 0 aromatic carbocycles. The van der Waals surface area contributed by atoms with E-state index in [1.807, 2.05) is 0 Å². The van der Waals surface area contributed by atoms with E-state index in [4.69, 9.17) is 0 Å².